The number of aryl methyl sites for hydroxylation is 1. The van der Waals surface area contributed by atoms with Gasteiger partial charge in [-0.25, -0.2) is 0 Å². The topological polar surface area (TPSA) is 43.1 Å². The highest BCUT2D eigenvalue weighted by atomic mass is 16.1. The van der Waals surface area contributed by atoms with Crippen molar-refractivity contribution in [2.45, 2.75) is 19.8 Å². The Bertz CT molecular complexity index is 281. The summed E-state index contributed by atoms with van der Waals surface area (Å²) in [6.45, 7) is 2.09. The van der Waals surface area contributed by atoms with Crippen LogP contribution in [0.15, 0.2) is 18.2 Å². The lowest BCUT2D eigenvalue weighted by Gasteiger charge is -2.03. The number of rotatable bonds is 3. The number of carbonyl (C=O) groups is 1. The summed E-state index contributed by atoms with van der Waals surface area (Å²) in [5, 5.41) is 0. The maximum absolute atomic E-state index is 10.4. The average Bonchev–Trinajstić information content (AvgIpc) is 2.09. The summed E-state index contributed by atoms with van der Waals surface area (Å²) < 4.78 is 0. The second-order valence-corrected chi connectivity index (χ2v) is 2.83. The number of hydrogen-bond donors (Lipinski definition) is 1. The Morgan fingerprint density at radius 3 is 2.83 bits per heavy atom. The number of benzene rings is 1. The molecule has 0 fully saturated rings. The first kappa shape index (κ1) is 8.78. The minimum Gasteiger partial charge on any atom is -0.399 e. The lowest BCUT2D eigenvalue weighted by Crippen LogP contribution is -1.95. The van der Waals surface area contributed by atoms with Crippen molar-refractivity contribution >= 4 is 12.0 Å². The van der Waals surface area contributed by atoms with Crippen LogP contribution in [0.2, 0.25) is 0 Å². The number of anilines is 1. The lowest BCUT2D eigenvalue weighted by molar-refractivity contribution is 0.112. The van der Waals surface area contributed by atoms with Gasteiger partial charge in [-0.15, -0.1) is 0 Å². The summed E-state index contributed by atoms with van der Waals surface area (Å²) in [5.74, 6) is 0. The second-order valence-electron chi connectivity index (χ2n) is 2.83. The smallest absolute Gasteiger partial charge is 0.150 e. The molecule has 2 N–H and O–H groups in total. The molecule has 0 aliphatic heterocycles. The Morgan fingerprint density at radius 1 is 1.50 bits per heavy atom. The van der Waals surface area contributed by atoms with E-state index in [-0.39, 0.29) is 0 Å². The van der Waals surface area contributed by atoms with Crippen molar-refractivity contribution in [1.82, 2.24) is 0 Å². The first-order chi connectivity index (χ1) is 5.77. The van der Waals surface area contributed by atoms with Gasteiger partial charge in [-0.05, 0) is 30.2 Å². The summed E-state index contributed by atoms with van der Waals surface area (Å²) in [5.41, 5.74) is 8.27. The van der Waals surface area contributed by atoms with Crippen molar-refractivity contribution in [2.24, 2.45) is 0 Å². The van der Waals surface area contributed by atoms with Crippen molar-refractivity contribution in [2.75, 3.05) is 5.73 Å². The minimum atomic E-state index is 0.702. The molecule has 0 aromatic heterocycles. The van der Waals surface area contributed by atoms with Gasteiger partial charge in [0.15, 0.2) is 0 Å². The third-order valence-electron chi connectivity index (χ3n) is 1.82. The van der Waals surface area contributed by atoms with E-state index in [0.29, 0.717) is 5.56 Å². The Hall–Kier alpha value is -1.31. The molecule has 0 aliphatic rings. The number of nitrogen functional groups attached to an aromatic ring is 1. The predicted molar refractivity (Wildman–Crippen MR) is 50.2 cm³/mol. The molecule has 1 rings (SSSR count). The van der Waals surface area contributed by atoms with Crippen LogP contribution in [0.5, 0.6) is 0 Å². The zero-order valence-electron chi connectivity index (χ0n) is 7.21. The van der Waals surface area contributed by atoms with Crippen molar-refractivity contribution in [3.8, 4) is 0 Å². The van der Waals surface area contributed by atoms with E-state index >= 15 is 0 Å². The Labute approximate surface area is 72.4 Å². The third-order valence-corrected chi connectivity index (χ3v) is 1.82. The van der Waals surface area contributed by atoms with Gasteiger partial charge in [0.2, 0.25) is 0 Å². The molecule has 1 aromatic rings. The molecule has 2 nitrogen and oxygen atoms in total. The van der Waals surface area contributed by atoms with E-state index < -0.39 is 0 Å². The fourth-order valence-corrected chi connectivity index (χ4v) is 1.18. The van der Waals surface area contributed by atoms with Crippen LogP contribution >= 0.6 is 0 Å². The highest BCUT2D eigenvalue weighted by Crippen LogP contribution is 2.14. The van der Waals surface area contributed by atoms with Gasteiger partial charge < -0.3 is 5.73 Å². The summed E-state index contributed by atoms with van der Waals surface area (Å²) in [4.78, 5) is 10.4. The molecule has 0 saturated heterocycles. The van der Waals surface area contributed by atoms with Crippen LogP contribution in [0.4, 0.5) is 5.69 Å². The average molecular weight is 163 g/mol. The number of aldehydes is 1. The summed E-state index contributed by atoms with van der Waals surface area (Å²) >= 11 is 0. The van der Waals surface area contributed by atoms with Crippen molar-refractivity contribution in [3.63, 3.8) is 0 Å². The zero-order valence-corrected chi connectivity index (χ0v) is 7.21. The highest BCUT2D eigenvalue weighted by Gasteiger charge is 1.98. The first-order valence-corrected chi connectivity index (χ1v) is 4.11. The largest absolute Gasteiger partial charge is 0.399 e. The number of nitrogens with two attached hydrogens (primary N) is 1. The van der Waals surface area contributed by atoms with Crippen LogP contribution in [0.25, 0.3) is 0 Å². The predicted octanol–water partition coefficient (Wildman–Crippen LogP) is 2.03. The molecule has 2 heteroatoms. The standard InChI is InChI=1S/C10H13NO/c1-2-3-9-6-8(7-12)4-5-10(9)11/h4-7H,2-3,11H2,1H3. The van der Waals surface area contributed by atoms with E-state index in [0.717, 1.165) is 30.4 Å². The Morgan fingerprint density at radius 2 is 2.25 bits per heavy atom. The summed E-state index contributed by atoms with van der Waals surface area (Å²) in [6, 6.07) is 5.38. The molecule has 0 heterocycles. The van der Waals surface area contributed by atoms with Gasteiger partial charge in [-0.1, -0.05) is 13.3 Å². The van der Waals surface area contributed by atoms with Crippen molar-refractivity contribution in [1.29, 1.82) is 0 Å². The van der Waals surface area contributed by atoms with E-state index in [1.54, 1.807) is 12.1 Å². The van der Waals surface area contributed by atoms with Gasteiger partial charge >= 0.3 is 0 Å². The fraction of sp³-hybridized carbons (Fsp3) is 0.300. The molecule has 12 heavy (non-hydrogen) atoms. The van der Waals surface area contributed by atoms with E-state index in [2.05, 4.69) is 6.92 Å². The molecule has 0 bridgehead atoms. The maximum atomic E-state index is 10.4. The maximum Gasteiger partial charge on any atom is 0.150 e. The van der Waals surface area contributed by atoms with E-state index in [1.165, 1.54) is 0 Å². The van der Waals surface area contributed by atoms with E-state index in [4.69, 9.17) is 5.73 Å². The molecular weight excluding hydrogens is 150 g/mol. The normalized spacial score (nSPS) is 9.75. The van der Waals surface area contributed by atoms with E-state index in [1.807, 2.05) is 6.07 Å². The number of hydrogen-bond acceptors (Lipinski definition) is 2. The first-order valence-electron chi connectivity index (χ1n) is 4.11. The van der Waals surface area contributed by atoms with Crippen LogP contribution in [-0.2, 0) is 6.42 Å². The van der Waals surface area contributed by atoms with Crippen molar-refractivity contribution in [3.05, 3.63) is 29.3 Å². The van der Waals surface area contributed by atoms with Gasteiger partial charge in [0.05, 0.1) is 0 Å². The van der Waals surface area contributed by atoms with Crippen molar-refractivity contribution < 1.29 is 4.79 Å². The zero-order chi connectivity index (χ0) is 8.97. The van der Waals surface area contributed by atoms with E-state index in [9.17, 15) is 4.79 Å². The van der Waals surface area contributed by atoms with Crippen LogP contribution in [0.1, 0.15) is 29.3 Å². The van der Waals surface area contributed by atoms with Crippen LogP contribution in [0.3, 0.4) is 0 Å². The highest BCUT2D eigenvalue weighted by molar-refractivity contribution is 5.76. The fourth-order valence-electron chi connectivity index (χ4n) is 1.18. The molecule has 0 atom stereocenters. The third kappa shape index (κ3) is 1.84. The van der Waals surface area contributed by atoms with Gasteiger partial charge in [0, 0.05) is 11.3 Å². The molecule has 1 aromatic carbocycles. The molecule has 0 radical (unpaired) electrons. The second kappa shape index (κ2) is 3.90. The van der Waals surface area contributed by atoms with Gasteiger partial charge in [0.25, 0.3) is 0 Å². The Kier molecular flexibility index (Phi) is 2.86. The molecule has 0 saturated carbocycles. The molecule has 0 spiro atoms. The van der Waals surface area contributed by atoms with Crippen LogP contribution in [-0.4, -0.2) is 6.29 Å². The SMILES string of the molecule is CCCc1cc(C=O)ccc1N. The molecule has 0 aliphatic carbocycles. The summed E-state index contributed by atoms with van der Waals surface area (Å²) in [6.07, 6.45) is 2.83. The van der Waals surface area contributed by atoms with Gasteiger partial charge in [-0.2, -0.15) is 0 Å². The summed E-state index contributed by atoms with van der Waals surface area (Å²) in [7, 11) is 0. The molecule has 0 amide bonds. The lowest BCUT2D eigenvalue weighted by atomic mass is 10.1. The molecular formula is C10H13NO. The van der Waals surface area contributed by atoms with Gasteiger partial charge in [0.1, 0.15) is 6.29 Å². The molecule has 0 unspecified atom stereocenters. The van der Waals surface area contributed by atoms with Crippen LogP contribution in [0, 0.1) is 0 Å². The van der Waals surface area contributed by atoms with Crippen LogP contribution < -0.4 is 5.73 Å². The van der Waals surface area contributed by atoms with Gasteiger partial charge in [-0.3, -0.25) is 4.79 Å². The Balaban J connectivity index is 2.99. The monoisotopic (exact) mass is 163 g/mol. The minimum absolute atomic E-state index is 0.702. The quantitative estimate of drug-likeness (QED) is 0.547. The molecule has 64 valence electrons. The number of carbonyl (C=O) groups excluding carboxylic acids is 1.